The van der Waals surface area contributed by atoms with E-state index >= 15 is 0 Å². The zero-order valence-corrected chi connectivity index (χ0v) is 19.3. The first-order chi connectivity index (χ1) is 14.8. The summed E-state index contributed by atoms with van der Waals surface area (Å²) < 4.78 is 29.6. The molecule has 2 aromatic carbocycles. The number of amides is 1. The molecular weight excluding hydrogens is 434 g/mol. The number of carbonyl (C=O) groups is 1. The van der Waals surface area contributed by atoms with Crippen molar-refractivity contribution in [2.24, 2.45) is 4.99 Å². The number of hydrogen-bond acceptors (Lipinski definition) is 6. The Hall–Kier alpha value is -2.52. The maximum atomic E-state index is 12.7. The fourth-order valence-corrected chi connectivity index (χ4v) is 7.77. The molecule has 9 heteroatoms. The lowest BCUT2D eigenvalue weighted by Gasteiger charge is -2.25. The van der Waals surface area contributed by atoms with Crippen molar-refractivity contribution in [2.75, 3.05) is 42.5 Å². The van der Waals surface area contributed by atoms with E-state index in [-0.39, 0.29) is 35.1 Å². The molecule has 2 atom stereocenters. The largest absolute Gasteiger partial charge is 0.497 e. The highest BCUT2D eigenvalue weighted by Crippen LogP contribution is 2.41. The van der Waals surface area contributed by atoms with Crippen LogP contribution in [0.25, 0.3) is 0 Å². The molecule has 0 aliphatic carbocycles. The minimum atomic E-state index is -3.10. The zero-order valence-electron chi connectivity index (χ0n) is 17.7. The van der Waals surface area contributed by atoms with Gasteiger partial charge in [0.1, 0.15) is 5.75 Å². The normalized spacial score (nSPS) is 23.1. The standard InChI is InChI=1S/C22H25N3O4S2/c1-24(2)16-6-8-17(9-7-16)25-19-13-31(27,28)14-20(19)30-22(25)23-21(26)12-15-4-10-18(29-3)11-5-15/h4-11,19-20H,12-14H2,1-3H3/t19-,20+/m0/s1. The van der Waals surface area contributed by atoms with E-state index in [1.807, 2.05) is 72.4 Å². The van der Waals surface area contributed by atoms with Crippen LogP contribution in [0.3, 0.4) is 0 Å². The quantitative estimate of drug-likeness (QED) is 0.680. The van der Waals surface area contributed by atoms with E-state index < -0.39 is 9.84 Å². The molecule has 7 nitrogen and oxygen atoms in total. The van der Waals surface area contributed by atoms with Gasteiger partial charge in [0, 0.05) is 30.7 Å². The summed E-state index contributed by atoms with van der Waals surface area (Å²) in [5, 5.41) is 0.451. The molecule has 2 saturated heterocycles. The van der Waals surface area contributed by atoms with Gasteiger partial charge >= 0.3 is 0 Å². The topological polar surface area (TPSA) is 79.3 Å². The summed E-state index contributed by atoms with van der Waals surface area (Å²) in [6, 6.07) is 15.0. The Morgan fingerprint density at radius 2 is 1.81 bits per heavy atom. The van der Waals surface area contributed by atoms with Gasteiger partial charge in [-0.2, -0.15) is 4.99 Å². The van der Waals surface area contributed by atoms with Crippen molar-refractivity contribution in [3.05, 3.63) is 54.1 Å². The summed E-state index contributed by atoms with van der Waals surface area (Å²) in [6.07, 6.45) is 0.176. The van der Waals surface area contributed by atoms with E-state index in [1.54, 1.807) is 7.11 Å². The minimum absolute atomic E-state index is 0.0752. The van der Waals surface area contributed by atoms with E-state index in [2.05, 4.69) is 4.99 Å². The molecule has 2 fully saturated rings. The molecule has 0 spiro atoms. The van der Waals surface area contributed by atoms with Crippen molar-refractivity contribution >= 4 is 44.0 Å². The predicted octanol–water partition coefficient (Wildman–Crippen LogP) is 2.61. The van der Waals surface area contributed by atoms with Gasteiger partial charge < -0.3 is 14.5 Å². The summed E-state index contributed by atoms with van der Waals surface area (Å²) in [6.45, 7) is 0. The SMILES string of the molecule is COc1ccc(CC(=O)N=C2S[C@@H]3CS(=O)(=O)C[C@@H]3N2c2ccc(N(C)C)cc2)cc1. The third-order valence-corrected chi connectivity index (χ3v) is 8.66. The minimum Gasteiger partial charge on any atom is -0.497 e. The third-order valence-electron chi connectivity index (χ3n) is 5.45. The van der Waals surface area contributed by atoms with E-state index in [0.29, 0.717) is 5.17 Å². The van der Waals surface area contributed by atoms with Crippen molar-refractivity contribution in [3.8, 4) is 5.75 Å². The molecule has 2 aliphatic heterocycles. The summed E-state index contributed by atoms with van der Waals surface area (Å²) in [7, 11) is 2.43. The lowest BCUT2D eigenvalue weighted by Crippen LogP contribution is -2.37. The second-order valence-electron chi connectivity index (χ2n) is 7.89. The van der Waals surface area contributed by atoms with Crippen LogP contribution in [0.4, 0.5) is 11.4 Å². The number of fused-ring (bicyclic) bond motifs is 1. The predicted molar refractivity (Wildman–Crippen MR) is 126 cm³/mol. The van der Waals surface area contributed by atoms with E-state index in [4.69, 9.17) is 4.74 Å². The molecule has 0 unspecified atom stereocenters. The molecule has 2 heterocycles. The molecule has 2 aliphatic rings. The molecular formula is C22H25N3O4S2. The summed E-state index contributed by atoms with van der Waals surface area (Å²) in [4.78, 5) is 21.0. The Labute approximate surface area is 187 Å². The molecule has 0 aromatic heterocycles. The van der Waals surface area contributed by atoms with Gasteiger partial charge in [0.25, 0.3) is 5.91 Å². The molecule has 0 N–H and O–H groups in total. The van der Waals surface area contributed by atoms with Gasteiger partial charge in [-0.05, 0) is 42.0 Å². The van der Waals surface area contributed by atoms with Gasteiger partial charge in [0.2, 0.25) is 0 Å². The number of benzene rings is 2. The Balaban J connectivity index is 1.60. The molecule has 0 saturated carbocycles. The Morgan fingerprint density at radius 1 is 1.13 bits per heavy atom. The molecule has 0 bridgehead atoms. The second kappa shape index (κ2) is 8.55. The number of sulfone groups is 1. The average Bonchev–Trinajstić information content (AvgIpc) is 3.19. The Bertz CT molecular complexity index is 1100. The van der Waals surface area contributed by atoms with Crippen LogP contribution in [0, 0.1) is 0 Å². The van der Waals surface area contributed by atoms with Crippen LogP contribution in [0.1, 0.15) is 5.56 Å². The van der Waals surface area contributed by atoms with Crippen LogP contribution in [0.5, 0.6) is 5.75 Å². The van der Waals surface area contributed by atoms with E-state index in [9.17, 15) is 13.2 Å². The van der Waals surface area contributed by atoms with Crippen molar-refractivity contribution in [3.63, 3.8) is 0 Å². The lowest BCUT2D eigenvalue weighted by atomic mass is 10.1. The number of carbonyl (C=O) groups excluding carboxylic acids is 1. The van der Waals surface area contributed by atoms with E-state index in [1.165, 1.54) is 11.8 Å². The highest BCUT2D eigenvalue weighted by Gasteiger charge is 2.49. The van der Waals surface area contributed by atoms with Crippen LogP contribution < -0.4 is 14.5 Å². The van der Waals surface area contributed by atoms with Crippen LogP contribution in [-0.2, 0) is 21.1 Å². The average molecular weight is 460 g/mol. The van der Waals surface area contributed by atoms with Crippen molar-refractivity contribution in [1.82, 2.24) is 0 Å². The molecule has 1 amide bonds. The molecule has 164 valence electrons. The first-order valence-corrected chi connectivity index (χ1v) is 12.6. The number of amidine groups is 1. The van der Waals surface area contributed by atoms with Crippen molar-refractivity contribution in [1.29, 1.82) is 0 Å². The molecule has 0 radical (unpaired) electrons. The zero-order chi connectivity index (χ0) is 22.2. The molecule has 4 rings (SSSR count). The van der Waals surface area contributed by atoms with Crippen molar-refractivity contribution < 1.29 is 17.9 Å². The van der Waals surface area contributed by atoms with Crippen LogP contribution in [0.15, 0.2) is 53.5 Å². The highest BCUT2D eigenvalue weighted by molar-refractivity contribution is 8.16. The first kappa shape index (κ1) is 21.7. The number of nitrogens with zero attached hydrogens (tertiary/aromatic N) is 3. The van der Waals surface area contributed by atoms with Gasteiger partial charge in [0.15, 0.2) is 15.0 Å². The Kier molecular flexibility index (Phi) is 5.98. The summed E-state index contributed by atoms with van der Waals surface area (Å²) >= 11 is 1.39. The number of anilines is 2. The smallest absolute Gasteiger partial charge is 0.252 e. The van der Waals surface area contributed by atoms with Gasteiger partial charge in [0.05, 0.1) is 31.1 Å². The number of aliphatic imine (C=N–C) groups is 1. The maximum Gasteiger partial charge on any atom is 0.252 e. The highest BCUT2D eigenvalue weighted by atomic mass is 32.2. The Morgan fingerprint density at radius 3 is 2.42 bits per heavy atom. The fourth-order valence-electron chi connectivity index (χ4n) is 3.84. The number of hydrogen-bond donors (Lipinski definition) is 0. The van der Waals surface area contributed by atoms with Gasteiger partial charge in [-0.15, -0.1) is 0 Å². The fraction of sp³-hybridized carbons (Fsp3) is 0.364. The number of rotatable bonds is 5. The monoisotopic (exact) mass is 459 g/mol. The van der Waals surface area contributed by atoms with Crippen molar-refractivity contribution in [2.45, 2.75) is 17.7 Å². The molecule has 2 aromatic rings. The lowest BCUT2D eigenvalue weighted by molar-refractivity contribution is -0.117. The van der Waals surface area contributed by atoms with Gasteiger partial charge in [-0.25, -0.2) is 8.42 Å². The van der Waals surface area contributed by atoms with E-state index in [0.717, 1.165) is 22.7 Å². The van der Waals surface area contributed by atoms with Gasteiger partial charge in [-0.3, -0.25) is 4.79 Å². The summed E-state index contributed by atoms with van der Waals surface area (Å²) in [5.74, 6) is 0.659. The maximum absolute atomic E-state index is 12.7. The van der Waals surface area contributed by atoms with Crippen LogP contribution in [-0.4, -0.2) is 63.5 Å². The number of thioether (sulfide) groups is 1. The number of methoxy groups -OCH3 is 1. The number of ether oxygens (including phenoxy) is 1. The third kappa shape index (κ3) is 4.72. The molecule has 31 heavy (non-hydrogen) atoms. The van der Waals surface area contributed by atoms with Crippen LogP contribution >= 0.6 is 11.8 Å². The van der Waals surface area contributed by atoms with Gasteiger partial charge in [-0.1, -0.05) is 23.9 Å². The van der Waals surface area contributed by atoms with Crippen LogP contribution in [0.2, 0.25) is 0 Å². The second-order valence-corrected chi connectivity index (χ2v) is 11.3. The first-order valence-electron chi connectivity index (χ1n) is 9.94. The summed E-state index contributed by atoms with van der Waals surface area (Å²) in [5.41, 5.74) is 2.74.